The first-order valence-corrected chi connectivity index (χ1v) is 8.56. The Morgan fingerprint density at radius 3 is 2.62 bits per heavy atom. The van der Waals surface area contributed by atoms with E-state index in [2.05, 4.69) is 10.2 Å². The van der Waals surface area contributed by atoms with Crippen LogP contribution in [0.15, 0.2) is 53.5 Å². The second-order valence-electron chi connectivity index (χ2n) is 6.13. The van der Waals surface area contributed by atoms with E-state index >= 15 is 0 Å². The van der Waals surface area contributed by atoms with Crippen molar-refractivity contribution in [3.8, 4) is 5.69 Å². The highest BCUT2D eigenvalue weighted by Crippen LogP contribution is 2.32. The number of aliphatic imine (C=N–C) groups is 1. The molecule has 7 heteroatoms. The number of aryl methyl sites for hydroxylation is 1. The molecular formula is C19H16ClN5O. The van der Waals surface area contributed by atoms with Crippen molar-refractivity contribution in [1.82, 2.24) is 14.8 Å². The number of fused-ring (bicyclic) bond motifs is 3. The highest BCUT2D eigenvalue weighted by Gasteiger charge is 2.28. The second-order valence-corrected chi connectivity index (χ2v) is 6.57. The van der Waals surface area contributed by atoms with Gasteiger partial charge in [-0.05, 0) is 25.1 Å². The number of nitrogens with zero attached hydrogens (tertiary/aromatic N) is 4. The number of para-hydroxylation sites is 1. The molecule has 0 spiro atoms. The second kappa shape index (κ2) is 6.38. The number of carbonyl (C=O) groups is 1. The Labute approximate surface area is 155 Å². The molecule has 1 unspecified atom stereocenters. The fourth-order valence-corrected chi connectivity index (χ4v) is 3.34. The Balaban J connectivity index is 1.99. The number of amides is 1. The predicted octanol–water partition coefficient (Wildman–Crippen LogP) is 3.00. The standard InChI is InChI=1S/C19H16ClN5O/c1-11-23-24-19-15(10-17(21)26)22-18(12-6-8-13(20)9-7-12)14-4-2-3-5-16(14)25(11)19/h2-9,15H,10H2,1H3,(H2,21,26). The Morgan fingerprint density at radius 2 is 1.88 bits per heavy atom. The van der Waals surface area contributed by atoms with E-state index in [1.54, 1.807) is 0 Å². The van der Waals surface area contributed by atoms with Gasteiger partial charge in [0.05, 0.1) is 17.8 Å². The first-order valence-electron chi connectivity index (χ1n) is 8.18. The third kappa shape index (κ3) is 2.78. The lowest BCUT2D eigenvalue weighted by Gasteiger charge is -2.12. The number of primary amides is 1. The van der Waals surface area contributed by atoms with Gasteiger partial charge in [-0.25, -0.2) is 0 Å². The van der Waals surface area contributed by atoms with E-state index in [0.717, 1.165) is 28.4 Å². The summed E-state index contributed by atoms with van der Waals surface area (Å²) >= 11 is 6.03. The van der Waals surface area contributed by atoms with Crippen molar-refractivity contribution in [2.75, 3.05) is 0 Å². The first kappa shape index (κ1) is 16.5. The normalized spacial score (nSPS) is 15.6. The minimum Gasteiger partial charge on any atom is -0.370 e. The van der Waals surface area contributed by atoms with Gasteiger partial charge in [0.25, 0.3) is 0 Å². The zero-order chi connectivity index (χ0) is 18.3. The molecule has 0 bridgehead atoms. The first-order chi connectivity index (χ1) is 12.5. The molecule has 26 heavy (non-hydrogen) atoms. The summed E-state index contributed by atoms with van der Waals surface area (Å²) in [5.41, 5.74) is 9.00. The van der Waals surface area contributed by atoms with Gasteiger partial charge < -0.3 is 5.73 Å². The zero-order valence-corrected chi connectivity index (χ0v) is 14.8. The molecule has 2 heterocycles. The third-order valence-corrected chi connectivity index (χ3v) is 4.60. The van der Waals surface area contributed by atoms with Crippen molar-refractivity contribution in [3.05, 3.63) is 76.3 Å². The highest BCUT2D eigenvalue weighted by molar-refractivity contribution is 6.30. The van der Waals surface area contributed by atoms with Crippen molar-refractivity contribution in [3.63, 3.8) is 0 Å². The summed E-state index contributed by atoms with van der Waals surface area (Å²) in [6.07, 6.45) is 0.0587. The van der Waals surface area contributed by atoms with Crippen LogP contribution in [0.1, 0.15) is 35.2 Å². The van der Waals surface area contributed by atoms with Crippen molar-refractivity contribution < 1.29 is 4.79 Å². The quantitative estimate of drug-likeness (QED) is 0.774. The molecule has 1 atom stereocenters. The summed E-state index contributed by atoms with van der Waals surface area (Å²) in [7, 11) is 0. The lowest BCUT2D eigenvalue weighted by Crippen LogP contribution is -2.17. The third-order valence-electron chi connectivity index (χ3n) is 4.35. The monoisotopic (exact) mass is 365 g/mol. The smallest absolute Gasteiger partial charge is 0.220 e. The zero-order valence-electron chi connectivity index (χ0n) is 14.1. The Bertz CT molecular complexity index is 1020. The maximum atomic E-state index is 11.6. The van der Waals surface area contributed by atoms with Crippen LogP contribution in [0.4, 0.5) is 0 Å². The maximum absolute atomic E-state index is 11.6. The van der Waals surface area contributed by atoms with E-state index in [4.69, 9.17) is 22.3 Å². The average molecular weight is 366 g/mol. The van der Waals surface area contributed by atoms with Gasteiger partial charge in [-0.15, -0.1) is 10.2 Å². The van der Waals surface area contributed by atoms with E-state index in [0.29, 0.717) is 10.8 Å². The van der Waals surface area contributed by atoms with E-state index in [-0.39, 0.29) is 6.42 Å². The summed E-state index contributed by atoms with van der Waals surface area (Å²) in [5.74, 6) is 0.902. The Hall–Kier alpha value is -2.99. The van der Waals surface area contributed by atoms with E-state index in [9.17, 15) is 4.79 Å². The van der Waals surface area contributed by atoms with Gasteiger partial charge >= 0.3 is 0 Å². The van der Waals surface area contributed by atoms with Gasteiger partial charge in [-0.1, -0.05) is 41.9 Å². The lowest BCUT2D eigenvalue weighted by molar-refractivity contribution is -0.118. The summed E-state index contributed by atoms with van der Waals surface area (Å²) in [6.45, 7) is 1.88. The molecule has 2 N–H and O–H groups in total. The van der Waals surface area contributed by atoms with Gasteiger partial charge in [0.15, 0.2) is 5.82 Å². The van der Waals surface area contributed by atoms with Crippen LogP contribution < -0.4 is 5.73 Å². The highest BCUT2D eigenvalue weighted by atomic mass is 35.5. The average Bonchev–Trinajstić information content (AvgIpc) is 2.94. The molecule has 0 radical (unpaired) electrons. The van der Waals surface area contributed by atoms with Gasteiger partial charge in [0, 0.05) is 16.1 Å². The van der Waals surface area contributed by atoms with Gasteiger partial charge in [-0.3, -0.25) is 14.4 Å². The fourth-order valence-electron chi connectivity index (χ4n) is 3.21. The molecule has 4 rings (SSSR count). The number of nitrogens with two attached hydrogens (primary N) is 1. The van der Waals surface area contributed by atoms with Crippen molar-refractivity contribution in [1.29, 1.82) is 0 Å². The number of rotatable bonds is 3. The molecule has 130 valence electrons. The van der Waals surface area contributed by atoms with Crippen LogP contribution in [-0.4, -0.2) is 26.4 Å². The SMILES string of the molecule is Cc1nnc2n1-c1ccccc1C(c1ccc(Cl)cc1)=NC2CC(N)=O. The molecule has 1 aliphatic rings. The Kier molecular flexibility index (Phi) is 4.05. The predicted molar refractivity (Wildman–Crippen MR) is 99.7 cm³/mol. The molecule has 1 aromatic heterocycles. The summed E-state index contributed by atoms with van der Waals surface area (Å²) in [4.78, 5) is 16.5. The van der Waals surface area contributed by atoms with Gasteiger partial charge in [0.2, 0.25) is 5.91 Å². The lowest BCUT2D eigenvalue weighted by atomic mass is 10.0. The van der Waals surface area contributed by atoms with Crippen molar-refractivity contribution in [2.45, 2.75) is 19.4 Å². The summed E-state index contributed by atoms with van der Waals surface area (Å²) < 4.78 is 1.94. The fraction of sp³-hybridized carbons (Fsp3) is 0.158. The van der Waals surface area contributed by atoms with Crippen LogP contribution in [0.5, 0.6) is 0 Å². The number of hydrogen-bond acceptors (Lipinski definition) is 4. The largest absolute Gasteiger partial charge is 0.370 e. The molecule has 6 nitrogen and oxygen atoms in total. The molecule has 0 saturated heterocycles. The molecule has 2 aromatic carbocycles. The molecule has 0 aliphatic carbocycles. The molecule has 1 amide bonds. The van der Waals surface area contributed by atoms with E-state index in [1.165, 1.54) is 0 Å². The van der Waals surface area contributed by atoms with Crippen LogP contribution in [0.25, 0.3) is 5.69 Å². The molecule has 0 fully saturated rings. The number of aromatic nitrogens is 3. The van der Waals surface area contributed by atoms with Crippen LogP contribution in [0.3, 0.4) is 0 Å². The van der Waals surface area contributed by atoms with Crippen molar-refractivity contribution >= 4 is 23.2 Å². The minimum absolute atomic E-state index is 0.0587. The topological polar surface area (TPSA) is 86.2 Å². The van der Waals surface area contributed by atoms with Crippen LogP contribution in [-0.2, 0) is 4.79 Å². The summed E-state index contributed by atoms with van der Waals surface area (Å²) in [5, 5.41) is 9.10. The van der Waals surface area contributed by atoms with Gasteiger partial charge in [0.1, 0.15) is 11.9 Å². The van der Waals surface area contributed by atoms with Crippen molar-refractivity contribution in [2.24, 2.45) is 10.7 Å². The summed E-state index contributed by atoms with van der Waals surface area (Å²) in [6, 6.07) is 14.9. The minimum atomic E-state index is -0.508. The van der Waals surface area contributed by atoms with Crippen LogP contribution in [0.2, 0.25) is 5.02 Å². The molecule has 1 aliphatic heterocycles. The van der Waals surface area contributed by atoms with E-state index in [1.807, 2.05) is 60.0 Å². The van der Waals surface area contributed by atoms with E-state index < -0.39 is 11.9 Å². The number of hydrogen-bond donors (Lipinski definition) is 1. The number of carbonyl (C=O) groups excluding carboxylic acids is 1. The van der Waals surface area contributed by atoms with Gasteiger partial charge in [-0.2, -0.15) is 0 Å². The Morgan fingerprint density at radius 1 is 1.15 bits per heavy atom. The van der Waals surface area contributed by atoms with Crippen LogP contribution >= 0.6 is 11.6 Å². The maximum Gasteiger partial charge on any atom is 0.220 e. The van der Waals surface area contributed by atoms with Crippen LogP contribution in [0, 0.1) is 6.92 Å². The molecule has 3 aromatic rings. The number of benzene rings is 2. The molecular weight excluding hydrogens is 350 g/mol. The molecule has 0 saturated carbocycles. The number of halogens is 1.